The summed E-state index contributed by atoms with van der Waals surface area (Å²) in [4.78, 5) is 16.7. The third kappa shape index (κ3) is 5.33. The molecule has 1 aromatic heterocycles. The lowest BCUT2D eigenvalue weighted by molar-refractivity contribution is -0.141. The maximum Gasteiger partial charge on any atom is 0.306 e. The molecule has 7 heteroatoms. The van der Waals surface area contributed by atoms with E-state index in [2.05, 4.69) is 31.0 Å². The van der Waals surface area contributed by atoms with E-state index in [1.807, 2.05) is 22.8 Å². The fourth-order valence-corrected chi connectivity index (χ4v) is 5.47. The van der Waals surface area contributed by atoms with Crippen molar-refractivity contribution < 1.29 is 23.4 Å². The standard InChI is InChI=1S/C31H35FN2O4/c1-31(2)14-6-9-25(31)30-27(33-19-34(30)28-16-22(36-3)12-13-26(28)32)18-38-23-8-5-7-21(15-23)24(20-10-11-20)17-29(35)37-4/h5,7-9,12-13,15-16,19-20,24H,6,10-11,14,17-18H2,1-4H3/t24-/m0/s1. The van der Waals surface area contributed by atoms with Crippen molar-refractivity contribution in [1.82, 2.24) is 9.55 Å². The minimum Gasteiger partial charge on any atom is -0.497 e. The van der Waals surface area contributed by atoms with Gasteiger partial charge in [-0.2, -0.15) is 0 Å². The number of allylic oxidation sites excluding steroid dienone is 2. The molecule has 0 unspecified atom stereocenters. The van der Waals surface area contributed by atoms with Crippen LogP contribution < -0.4 is 9.47 Å². The molecule has 0 bridgehead atoms. The number of methoxy groups -OCH3 is 2. The molecule has 1 fully saturated rings. The number of ether oxygens (including phenoxy) is 3. The lowest BCUT2D eigenvalue weighted by Crippen LogP contribution is -2.14. The van der Waals surface area contributed by atoms with Crippen molar-refractivity contribution in [3.8, 4) is 17.2 Å². The SMILES string of the molecule is COC(=O)C[C@H](c1cccc(OCc2ncn(-c3cc(OC)ccc3F)c2C2=CCCC2(C)C)c1)C1CC1. The van der Waals surface area contributed by atoms with Gasteiger partial charge in [0.1, 0.15) is 35.9 Å². The quantitative estimate of drug-likeness (QED) is 0.275. The molecule has 1 heterocycles. The molecule has 200 valence electrons. The average Bonchev–Trinajstić information content (AvgIpc) is 3.58. The lowest BCUT2D eigenvalue weighted by atomic mass is 9.83. The maximum atomic E-state index is 15.0. The highest BCUT2D eigenvalue weighted by molar-refractivity contribution is 5.73. The number of nitrogens with zero attached hydrogens (tertiary/aromatic N) is 2. The molecular weight excluding hydrogens is 483 g/mol. The monoisotopic (exact) mass is 518 g/mol. The van der Waals surface area contributed by atoms with Gasteiger partial charge in [-0.25, -0.2) is 9.37 Å². The van der Waals surface area contributed by atoms with Crippen molar-refractivity contribution in [2.75, 3.05) is 14.2 Å². The summed E-state index contributed by atoms with van der Waals surface area (Å²) in [5.74, 6) is 1.37. The van der Waals surface area contributed by atoms with Gasteiger partial charge >= 0.3 is 5.97 Å². The van der Waals surface area contributed by atoms with Crippen molar-refractivity contribution in [3.05, 3.63) is 77.6 Å². The van der Waals surface area contributed by atoms with Crippen LogP contribution in [-0.4, -0.2) is 29.7 Å². The zero-order valence-electron chi connectivity index (χ0n) is 22.5. The Morgan fingerprint density at radius 1 is 1.16 bits per heavy atom. The van der Waals surface area contributed by atoms with Gasteiger partial charge in [0.25, 0.3) is 0 Å². The van der Waals surface area contributed by atoms with Gasteiger partial charge in [0.2, 0.25) is 0 Å². The van der Waals surface area contributed by atoms with E-state index in [9.17, 15) is 4.79 Å². The van der Waals surface area contributed by atoms with Crippen molar-refractivity contribution in [3.63, 3.8) is 0 Å². The Balaban J connectivity index is 1.45. The van der Waals surface area contributed by atoms with Gasteiger partial charge in [-0.3, -0.25) is 9.36 Å². The van der Waals surface area contributed by atoms with Crippen molar-refractivity contribution in [1.29, 1.82) is 0 Å². The van der Waals surface area contributed by atoms with Gasteiger partial charge in [-0.15, -0.1) is 0 Å². The minimum absolute atomic E-state index is 0.0762. The summed E-state index contributed by atoms with van der Waals surface area (Å²) < 4.78 is 33.4. The number of aromatic nitrogens is 2. The van der Waals surface area contributed by atoms with Gasteiger partial charge in [-0.05, 0) is 78.3 Å². The number of esters is 1. The number of imidazole rings is 1. The fraction of sp³-hybridized carbons (Fsp3) is 0.419. The Morgan fingerprint density at radius 3 is 2.66 bits per heavy atom. The van der Waals surface area contributed by atoms with E-state index in [1.54, 1.807) is 25.6 Å². The number of hydrogen-bond donors (Lipinski definition) is 0. The van der Waals surface area contributed by atoms with Gasteiger partial charge < -0.3 is 14.2 Å². The maximum absolute atomic E-state index is 15.0. The summed E-state index contributed by atoms with van der Waals surface area (Å²) in [6.45, 7) is 4.65. The van der Waals surface area contributed by atoms with E-state index in [1.165, 1.54) is 13.2 Å². The first-order chi connectivity index (χ1) is 18.3. The molecule has 2 aliphatic rings. The van der Waals surface area contributed by atoms with Crippen LogP contribution in [0, 0.1) is 17.2 Å². The van der Waals surface area contributed by atoms with Gasteiger partial charge in [-0.1, -0.05) is 32.1 Å². The Hall–Kier alpha value is -3.61. The van der Waals surface area contributed by atoms with Crippen LogP contribution in [0.25, 0.3) is 11.3 Å². The summed E-state index contributed by atoms with van der Waals surface area (Å²) >= 11 is 0. The number of carbonyl (C=O) groups excluding carboxylic acids is 1. The Bertz CT molecular complexity index is 1360. The summed E-state index contributed by atoms with van der Waals surface area (Å²) in [6, 6.07) is 12.7. The van der Waals surface area contributed by atoms with Gasteiger partial charge in [0.15, 0.2) is 0 Å². The Labute approximate surface area is 223 Å². The van der Waals surface area contributed by atoms with Crippen LogP contribution in [0.2, 0.25) is 0 Å². The molecule has 5 rings (SSSR count). The van der Waals surface area contributed by atoms with Gasteiger partial charge in [0.05, 0.1) is 32.0 Å². The second-order valence-corrected chi connectivity index (χ2v) is 10.9. The largest absolute Gasteiger partial charge is 0.497 e. The van der Waals surface area contributed by atoms with Crippen LogP contribution in [0.1, 0.15) is 68.8 Å². The lowest BCUT2D eigenvalue weighted by Gasteiger charge is -2.25. The molecule has 0 radical (unpaired) electrons. The second kappa shape index (κ2) is 10.6. The van der Waals surface area contributed by atoms with Crippen molar-refractivity contribution >= 4 is 11.5 Å². The van der Waals surface area contributed by atoms with E-state index < -0.39 is 0 Å². The fourth-order valence-electron chi connectivity index (χ4n) is 5.47. The Kier molecular flexibility index (Phi) is 7.28. The molecule has 0 spiro atoms. The number of hydrogen-bond acceptors (Lipinski definition) is 5. The molecule has 1 saturated carbocycles. The summed E-state index contributed by atoms with van der Waals surface area (Å²) in [5, 5.41) is 0. The zero-order valence-corrected chi connectivity index (χ0v) is 22.5. The number of benzene rings is 2. The highest BCUT2D eigenvalue weighted by atomic mass is 19.1. The second-order valence-electron chi connectivity index (χ2n) is 10.9. The van der Waals surface area contributed by atoms with Crippen molar-refractivity contribution in [2.24, 2.45) is 11.3 Å². The molecule has 3 aromatic rings. The van der Waals surface area contributed by atoms with E-state index >= 15 is 4.39 Å². The van der Waals surface area contributed by atoms with Crippen molar-refractivity contribution in [2.45, 2.75) is 58.5 Å². The van der Waals surface area contributed by atoms with Crippen LogP contribution in [0.15, 0.2) is 54.9 Å². The van der Waals surface area contributed by atoms with Crippen LogP contribution in [-0.2, 0) is 16.1 Å². The highest BCUT2D eigenvalue weighted by Crippen LogP contribution is 2.47. The summed E-state index contributed by atoms with van der Waals surface area (Å²) in [6.07, 6.45) is 8.48. The number of carbonyl (C=O) groups is 1. The summed E-state index contributed by atoms with van der Waals surface area (Å²) in [5.41, 5.74) is 4.13. The molecule has 0 saturated heterocycles. The molecule has 38 heavy (non-hydrogen) atoms. The first-order valence-electron chi connectivity index (χ1n) is 13.2. The predicted molar refractivity (Wildman–Crippen MR) is 144 cm³/mol. The van der Waals surface area contributed by atoms with Crippen LogP contribution in [0.4, 0.5) is 4.39 Å². The van der Waals surface area contributed by atoms with Gasteiger partial charge in [0, 0.05) is 6.07 Å². The van der Waals surface area contributed by atoms with E-state index in [4.69, 9.17) is 14.2 Å². The molecule has 0 aliphatic heterocycles. The average molecular weight is 519 g/mol. The Morgan fingerprint density at radius 2 is 1.97 bits per heavy atom. The summed E-state index contributed by atoms with van der Waals surface area (Å²) in [7, 11) is 3.00. The minimum atomic E-state index is -0.349. The highest BCUT2D eigenvalue weighted by Gasteiger charge is 2.35. The zero-order chi connectivity index (χ0) is 26.9. The van der Waals surface area contributed by atoms with E-state index in [0.29, 0.717) is 29.5 Å². The van der Waals surface area contributed by atoms with E-state index in [0.717, 1.165) is 48.2 Å². The normalized spacial score (nSPS) is 17.1. The molecule has 0 amide bonds. The molecule has 2 aliphatic carbocycles. The first-order valence-corrected chi connectivity index (χ1v) is 13.2. The molecule has 1 atom stereocenters. The number of rotatable bonds is 10. The molecule has 0 N–H and O–H groups in total. The number of halogens is 1. The topological polar surface area (TPSA) is 62.6 Å². The van der Waals surface area contributed by atoms with E-state index in [-0.39, 0.29) is 29.7 Å². The third-order valence-electron chi connectivity index (χ3n) is 7.83. The third-order valence-corrected chi connectivity index (χ3v) is 7.83. The van der Waals surface area contributed by atoms with Crippen LogP contribution in [0.3, 0.4) is 0 Å². The first kappa shape index (κ1) is 26.0. The molecule has 2 aromatic carbocycles. The van der Waals surface area contributed by atoms with Crippen LogP contribution in [0.5, 0.6) is 11.5 Å². The predicted octanol–water partition coefficient (Wildman–Crippen LogP) is 6.86. The molecule has 6 nitrogen and oxygen atoms in total. The van der Waals surface area contributed by atoms with Crippen LogP contribution >= 0.6 is 0 Å². The smallest absolute Gasteiger partial charge is 0.306 e. The molecular formula is C31H35FN2O4.